The van der Waals surface area contributed by atoms with Gasteiger partial charge < -0.3 is 4.48 Å². The molecule has 0 N–H and O–H groups in total. The number of hydrogen-bond acceptors (Lipinski definition) is 0. The zero-order chi connectivity index (χ0) is 9.19. The Balaban J connectivity index is 2.37. The first-order chi connectivity index (χ1) is 5.62. The van der Waals surface area contributed by atoms with E-state index in [9.17, 15) is 0 Å². The molecule has 0 aromatic rings. The van der Waals surface area contributed by atoms with Crippen LogP contribution in [-0.2, 0) is 0 Å². The molecule has 12 heavy (non-hydrogen) atoms. The standard InChI is InChI=1S/C11H22N/c1-5-11(6-2)7-8-12(4)9-10(12)3/h7,10H,5-6,8-9H2,1-4H3/q+1. The van der Waals surface area contributed by atoms with Gasteiger partial charge in [-0.1, -0.05) is 19.4 Å². The van der Waals surface area contributed by atoms with Gasteiger partial charge >= 0.3 is 0 Å². The van der Waals surface area contributed by atoms with Gasteiger partial charge in [0.15, 0.2) is 0 Å². The third-order valence-corrected chi connectivity index (χ3v) is 3.32. The van der Waals surface area contributed by atoms with Crippen LogP contribution in [0.5, 0.6) is 0 Å². The van der Waals surface area contributed by atoms with E-state index < -0.39 is 0 Å². The van der Waals surface area contributed by atoms with Crippen molar-refractivity contribution >= 4 is 0 Å². The normalized spacial score (nSPS) is 33.2. The fraction of sp³-hybridized carbons (Fsp3) is 0.818. The van der Waals surface area contributed by atoms with E-state index in [0.29, 0.717) is 0 Å². The number of nitrogens with zero attached hydrogens (tertiary/aromatic N) is 1. The van der Waals surface area contributed by atoms with E-state index in [1.807, 2.05) is 0 Å². The summed E-state index contributed by atoms with van der Waals surface area (Å²) < 4.78 is 1.27. The molecule has 1 nitrogen and oxygen atoms in total. The number of likely N-dealkylation sites (N-methyl/N-ethyl adjacent to an activating group) is 1. The highest BCUT2D eigenvalue weighted by Gasteiger charge is 2.46. The molecule has 1 fully saturated rings. The SMILES string of the molecule is CCC(=CC[N+]1(C)CC1C)CC. The number of rotatable bonds is 4. The summed E-state index contributed by atoms with van der Waals surface area (Å²) >= 11 is 0. The molecule has 0 aliphatic carbocycles. The van der Waals surface area contributed by atoms with E-state index in [1.54, 1.807) is 5.57 Å². The van der Waals surface area contributed by atoms with Gasteiger partial charge in [0.25, 0.3) is 0 Å². The van der Waals surface area contributed by atoms with Gasteiger partial charge in [-0.3, -0.25) is 0 Å². The van der Waals surface area contributed by atoms with Gasteiger partial charge in [-0.2, -0.15) is 0 Å². The molecule has 70 valence electrons. The van der Waals surface area contributed by atoms with Crippen molar-refractivity contribution in [1.82, 2.24) is 0 Å². The minimum absolute atomic E-state index is 0.899. The van der Waals surface area contributed by atoms with Crippen LogP contribution in [0.1, 0.15) is 33.6 Å². The van der Waals surface area contributed by atoms with Crippen molar-refractivity contribution < 1.29 is 4.48 Å². The van der Waals surface area contributed by atoms with E-state index >= 15 is 0 Å². The summed E-state index contributed by atoms with van der Waals surface area (Å²) in [6.07, 6.45) is 4.90. The lowest BCUT2D eigenvalue weighted by Crippen LogP contribution is -2.22. The van der Waals surface area contributed by atoms with Gasteiger partial charge in [0, 0.05) is 0 Å². The highest BCUT2D eigenvalue weighted by Crippen LogP contribution is 2.27. The molecular formula is C11H22N+. The maximum Gasteiger partial charge on any atom is 0.136 e. The first-order valence-electron chi connectivity index (χ1n) is 5.14. The van der Waals surface area contributed by atoms with Gasteiger partial charge in [0.2, 0.25) is 0 Å². The van der Waals surface area contributed by atoms with Crippen LogP contribution in [0.15, 0.2) is 11.6 Å². The fourth-order valence-corrected chi connectivity index (χ4v) is 1.69. The first-order valence-corrected chi connectivity index (χ1v) is 5.14. The quantitative estimate of drug-likeness (QED) is 0.344. The molecule has 1 heterocycles. The Morgan fingerprint density at radius 2 is 1.92 bits per heavy atom. The highest BCUT2D eigenvalue weighted by molar-refractivity contribution is 5.00. The summed E-state index contributed by atoms with van der Waals surface area (Å²) in [4.78, 5) is 0. The number of quaternary nitrogens is 1. The largest absolute Gasteiger partial charge is 0.311 e. The van der Waals surface area contributed by atoms with Crippen LogP contribution in [0.3, 0.4) is 0 Å². The van der Waals surface area contributed by atoms with Gasteiger partial charge in [-0.15, -0.1) is 0 Å². The predicted molar refractivity (Wildman–Crippen MR) is 54.0 cm³/mol. The van der Waals surface area contributed by atoms with E-state index in [4.69, 9.17) is 0 Å². The second-order valence-corrected chi connectivity index (χ2v) is 4.26. The molecule has 2 atom stereocenters. The molecule has 0 aromatic carbocycles. The van der Waals surface area contributed by atoms with Crippen molar-refractivity contribution in [3.05, 3.63) is 11.6 Å². The summed E-state index contributed by atoms with van der Waals surface area (Å²) in [5.41, 5.74) is 1.62. The van der Waals surface area contributed by atoms with Crippen molar-refractivity contribution in [3.63, 3.8) is 0 Å². The Kier molecular flexibility index (Phi) is 2.94. The molecule has 1 aliphatic rings. The molecule has 1 aliphatic heterocycles. The maximum atomic E-state index is 2.45. The molecule has 0 aromatic heterocycles. The number of allylic oxidation sites excluding steroid dienone is 1. The molecule has 0 saturated carbocycles. The van der Waals surface area contributed by atoms with Crippen molar-refractivity contribution in [1.29, 1.82) is 0 Å². The fourth-order valence-electron chi connectivity index (χ4n) is 1.69. The molecule has 1 rings (SSSR count). The Hall–Kier alpha value is -0.300. The van der Waals surface area contributed by atoms with E-state index in [0.717, 1.165) is 6.04 Å². The van der Waals surface area contributed by atoms with Crippen LogP contribution in [-0.4, -0.2) is 30.7 Å². The maximum absolute atomic E-state index is 2.45. The van der Waals surface area contributed by atoms with Crippen molar-refractivity contribution in [3.8, 4) is 0 Å². The lowest BCUT2D eigenvalue weighted by molar-refractivity contribution is -0.783. The predicted octanol–water partition coefficient (Wildman–Crippen LogP) is 2.58. The summed E-state index contributed by atoms with van der Waals surface area (Å²) in [5, 5.41) is 0. The average molecular weight is 168 g/mol. The Labute approximate surface area is 76.7 Å². The molecule has 1 saturated heterocycles. The summed E-state index contributed by atoms with van der Waals surface area (Å²) in [6.45, 7) is 9.46. The third kappa shape index (κ3) is 2.10. The van der Waals surface area contributed by atoms with Crippen LogP contribution in [0, 0.1) is 0 Å². The van der Waals surface area contributed by atoms with Crippen molar-refractivity contribution in [2.45, 2.75) is 39.7 Å². The van der Waals surface area contributed by atoms with Crippen LogP contribution in [0.2, 0.25) is 0 Å². The number of hydrogen-bond donors (Lipinski definition) is 0. The van der Waals surface area contributed by atoms with Crippen LogP contribution >= 0.6 is 0 Å². The van der Waals surface area contributed by atoms with Crippen molar-refractivity contribution in [2.24, 2.45) is 0 Å². The molecule has 0 amide bonds. The lowest BCUT2D eigenvalue weighted by Gasteiger charge is -2.11. The molecule has 2 unspecified atom stereocenters. The van der Waals surface area contributed by atoms with E-state index in [-0.39, 0.29) is 0 Å². The van der Waals surface area contributed by atoms with E-state index in [2.05, 4.69) is 33.9 Å². The Bertz CT molecular complexity index is 177. The first kappa shape index (κ1) is 9.79. The van der Waals surface area contributed by atoms with Crippen LogP contribution in [0.25, 0.3) is 0 Å². The third-order valence-electron chi connectivity index (χ3n) is 3.32. The summed E-state index contributed by atoms with van der Waals surface area (Å²) in [6, 6.07) is 0.899. The second-order valence-electron chi connectivity index (χ2n) is 4.26. The monoisotopic (exact) mass is 168 g/mol. The smallest absolute Gasteiger partial charge is 0.136 e. The lowest BCUT2D eigenvalue weighted by atomic mass is 10.1. The Morgan fingerprint density at radius 3 is 2.25 bits per heavy atom. The van der Waals surface area contributed by atoms with Crippen molar-refractivity contribution in [2.75, 3.05) is 20.1 Å². The minimum atomic E-state index is 0.899. The van der Waals surface area contributed by atoms with Gasteiger partial charge in [0.1, 0.15) is 12.6 Å². The average Bonchev–Trinajstić information content (AvgIpc) is 2.62. The van der Waals surface area contributed by atoms with Gasteiger partial charge in [-0.25, -0.2) is 0 Å². The molecule has 0 radical (unpaired) electrons. The molecular weight excluding hydrogens is 146 g/mol. The zero-order valence-electron chi connectivity index (χ0n) is 8.93. The van der Waals surface area contributed by atoms with Crippen LogP contribution < -0.4 is 0 Å². The van der Waals surface area contributed by atoms with E-state index in [1.165, 1.54) is 30.4 Å². The zero-order valence-corrected chi connectivity index (χ0v) is 8.93. The minimum Gasteiger partial charge on any atom is -0.311 e. The topological polar surface area (TPSA) is 0 Å². The second kappa shape index (κ2) is 3.61. The summed E-state index contributed by atoms with van der Waals surface area (Å²) in [5.74, 6) is 0. The highest BCUT2D eigenvalue weighted by atomic mass is 15.5. The summed E-state index contributed by atoms with van der Waals surface area (Å²) in [7, 11) is 2.35. The van der Waals surface area contributed by atoms with Gasteiger partial charge in [-0.05, 0) is 25.8 Å². The molecule has 0 bridgehead atoms. The Morgan fingerprint density at radius 1 is 1.42 bits per heavy atom. The molecule has 1 heteroatoms. The molecule has 0 spiro atoms. The van der Waals surface area contributed by atoms with Crippen LogP contribution in [0.4, 0.5) is 0 Å². The van der Waals surface area contributed by atoms with Gasteiger partial charge in [0.05, 0.1) is 13.6 Å².